The van der Waals surface area contributed by atoms with Crippen LogP contribution in [-0.4, -0.2) is 10.8 Å². The molecule has 0 N–H and O–H groups in total. The minimum Gasteiger partial charge on any atom is -0.461 e. The topological polar surface area (TPSA) is 39.2 Å². The van der Waals surface area contributed by atoms with E-state index in [1.807, 2.05) is 36.4 Å². The minimum atomic E-state index is -0.181. The number of allylic oxidation sites excluding steroid dienone is 2. The molecule has 0 bridgehead atoms. The number of rotatable bonds is 1. The van der Waals surface area contributed by atoms with Crippen molar-refractivity contribution in [3.05, 3.63) is 83.4 Å². The van der Waals surface area contributed by atoms with Gasteiger partial charge < -0.3 is 4.74 Å². The van der Waals surface area contributed by atoms with E-state index in [1.54, 1.807) is 6.20 Å². The van der Waals surface area contributed by atoms with Crippen molar-refractivity contribution in [1.82, 2.24) is 4.98 Å². The van der Waals surface area contributed by atoms with Crippen molar-refractivity contribution < 1.29 is 9.53 Å². The number of aromatic nitrogens is 1. The van der Waals surface area contributed by atoms with E-state index >= 15 is 0 Å². The van der Waals surface area contributed by atoms with E-state index in [1.165, 1.54) is 0 Å². The molecule has 0 spiro atoms. The quantitative estimate of drug-likeness (QED) is 0.586. The summed E-state index contributed by atoms with van der Waals surface area (Å²) in [6, 6.07) is 18.3. The number of Topliss-reactive ketones (excluding diaryl/α,β-unsaturated/α-hetero) is 1. The fourth-order valence-corrected chi connectivity index (χ4v) is 4.47. The maximum atomic E-state index is 13.2. The fourth-order valence-electron chi connectivity index (χ4n) is 4.47. The Balaban J connectivity index is 1.82. The Morgan fingerprint density at radius 2 is 1.81 bits per heavy atom. The summed E-state index contributed by atoms with van der Waals surface area (Å²) in [7, 11) is 0. The maximum absolute atomic E-state index is 13.2. The van der Waals surface area contributed by atoms with E-state index in [0.717, 1.165) is 45.5 Å². The van der Waals surface area contributed by atoms with Crippen LogP contribution in [0.25, 0.3) is 10.8 Å². The minimum absolute atomic E-state index is 0.0844. The first-order valence-corrected chi connectivity index (χ1v) is 9.40. The molecule has 2 heterocycles. The smallest absolute Gasteiger partial charge is 0.163 e. The predicted octanol–water partition coefficient (Wildman–Crippen LogP) is 5.40. The summed E-state index contributed by atoms with van der Waals surface area (Å²) in [5.41, 5.74) is 2.66. The first-order valence-electron chi connectivity index (χ1n) is 9.40. The molecule has 0 saturated heterocycles. The lowest BCUT2D eigenvalue weighted by molar-refractivity contribution is -0.118. The summed E-state index contributed by atoms with van der Waals surface area (Å²) in [6.07, 6.45) is 3.11. The van der Waals surface area contributed by atoms with Gasteiger partial charge in [0.05, 0.1) is 11.6 Å². The first kappa shape index (κ1) is 16.2. The molecule has 2 aliphatic rings. The normalized spacial score (nSPS) is 20.8. The summed E-state index contributed by atoms with van der Waals surface area (Å²) < 4.78 is 6.33. The molecule has 1 aromatic heterocycles. The lowest BCUT2D eigenvalue weighted by Gasteiger charge is -2.38. The Morgan fingerprint density at radius 3 is 2.63 bits per heavy atom. The molecule has 0 radical (unpaired) electrons. The number of ether oxygens (including phenoxy) is 1. The van der Waals surface area contributed by atoms with Crippen LogP contribution in [0.3, 0.4) is 0 Å². The number of nitrogens with zero attached hydrogens (tertiary/aromatic N) is 1. The molecule has 3 aromatic rings. The number of fused-ring (bicyclic) bond motifs is 3. The second-order valence-electron chi connectivity index (χ2n) is 8.27. The summed E-state index contributed by atoms with van der Waals surface area (Å²) in [5, 5.41) is 2.27. The van der Waals surface area contributed by atoms with Gasteiger partial charge in [0, 0.05) is 30.2 Å². The highest BCUT2D eigenvalue weighted by molar-refractivity contribution is 6.02. The van der Waals surface area contributed by atoms with Gasteiger partial charge in [-0.3, -0.25) is 9.78 Å². The number of ketones is 1. The Morgan fingerprint density at radius 1 is 1.00 bits per heavy atom. The molecule has 1 aliphatic heterocycles. The molecule has 27 heavy (non-hydrogen) atoms. The molecule has 0 fully saturated rings. The van der Waals surface area contributed by atoms with Gasteiger partial charge in [0.2, 0.25) is 0 Å². The highest BCUT2D eigenvalue weighted by atomic mass is 16.5. The SMILES string of the molecule is CC1(C)CC(=O)C2=C(C1)Oc1ccc3ccccc3c1C2c1ccccn1. The third-order valence-electron chi connectivity index (χ3n) is 5.60. The lowest BCUT2D eigenvalue weighted by atomic mass is 9.70. The lowest BCUT2D eigenvalue weighted by Crippen LogP contribution is -2.33. The number of carbonyl (C=O) groups is 1. The number of hydrogen-bond acceptors (Lipinski definition) is 3. The number of hydrogen-bond donors (Lipinski definition) is 0. The van der Waals surface area contributed by atoms with Crippen LogP contribution < -0.4 is 4.74 Å². The molecule has 134 valence electrons. The van der Waals surface area contributed by atoms with Crippen LogP contribution in [0.1, 0.15) is 43.9 Å². The second kappa shape index (κ2) is 5.78. The molecule has 3 nitrogen and oxygen atoms in total. The molecular formula is C24H21NO2. The van der Waals surface area contributed by atoms with Crippen LogP contribution in [0.4, 0.5) is 0 Å². The first-order chi connectivity index (χ1) is 13.0. The van der Waals surface area contributed by atoms with Crippen molar-refractivity contribution in [3.63, 3.8) is 0 Å². The van der Waals surface area contributed by atoms with Crippen LogP contribution in [-0.2, 0) is 4.79 Å². The molecule has 1 unspecified atom stereocenters. The summed E-state index contributed by atoms with van der Waals surface area (Å²) >= 11 is 0. The van der Waals surface area contributed by atoms with Crippen molar-refractivity contribution >= 4 is 16.6 Å². The number of carbonyl (C=O) groups excluding carboxylic acids is 1. The van der Waals surface area contributed by atoms with Gasteiger partial charge in [0.15, 0.2) is 5.78 Å². The summed E-state index contributed by atoms with van der Waals surface area (Å²) in [5.74, 6) is 1.65. The third-order valence-corrected chi connectivity index (χ3v) is 5.60. The average Bonchev–Trinajstić information content (AvgIpc) is 2.66. The van der Waals surface area contributed by atoms with E-state index in [2.05, 4.69) is 37.0 Å². The zero-order valence-electron chi connectivity index (χ0n) is 15.5. The zero-order chi connectivity index (χ0) is 18.6. The Kier molecular flexibility index (Phi) is 3.48. The standard InChI is InChI=1S/C24H21NO2/c1-24(2)13-18(26)23-20(14-24)27-19-11-10-15-7-3-4-8-16(15)21(19)22(23)17-9-5-6-12-25-17/h3-12,22H,13-14H2,1-2H3. The van der Waals surface area contributed by atoms with Crippen molar-refractivity contribution in [2.24, 2.45) is 5.41 Å². The number of pyridine rings is 1. The molecule has 1 atom stereocenters. The van der Waals surface area contributed by atoms with E-state index in [-0.39, 0.29) is 17.1 Å². The van der Waals surface area contributed by atoms with Gasteiger partial charge >= 0.3 is 0 Å². The Hall–Kier alpha value is -2.94. The van der Waals surface area contributed by atoms with Crippen LogP contribution in [0.2, 0.25) is 0 Å². The van der Waals surface area contributed by atoms with Crippen LogP contribution in [0.5, 0.6) is 5.75 Å². The predicted molar refractivity (Wildman–Crippen MR) is 106 cm³/mol. The monoisotopic (exact) mass is 355 g/mol. The number of benzene rings is 2. The van der Waals surface area contributed by atoms with Crippen LogP contribution >= 0.6 is 0 Å². The van der Waals surface area contributed by atoms with Crippen LogP contribution in [0, 0.1) is 5.41 Å². The fraction of sp³-hybridized carbons (Fsp3) is 0.250. The third kappa shape index (κ3) is 2.57. The van der Waals surface area contributed by atoms with Crippen molar-refractivity contribution in [2.75, 3.05) is 0 Å². The van der Waals surface area contributed by atoms with Crippen molar-refractivity contribution in [1.29, 1.82) is 0 Å². The van der Waals surface area contributed by atoms with E-state index < -0.39 is 0 Å². The largest absolute Gasteiger partial charge is 0.461 e. The van der Waals surface area contributed by atoms with E-state index in [0.29, 0.717) is 6.42 Å². The Labute approximate surface area is 158 Å². The summed E-state index contributed by atoms with van der Waals surface area (Å²) in [4.78, 5) is 17.8. The van der Waals surface area contributed by atoms with E-state index in [9.17, 15) is 4.79 Å². The Bertz CT molecular complexity index is 1100. The van der Waals surface area contributed by atoms with Gasteiger partial charge in [0.1, 0.15) is 11.5 Å². The van der Waals surface area contributed by atoms with Crippen LogP contribution in [0.15, 0.2) is 72.1 Å². The molecule has 1 aliphatic carbocycles. The zero-order valence-corrected chi connectivity index (χ0v) is 15.5. The van der Waals surface area contributed by atoms with Crippen molar-refractivity contribution in [2.45, 2.75) is 32.6 Å². The van der Waals surface area contributed by atoms with Gasteiger partial charge in [-0.25, -0.2) is 0 Å². The highest BCUT2D eigenvalue weighted by Gasteiger charge is 2.43. The molecule has 5 rings (SSSR count). The summed E-state index contributed by atoms with van der Waals surface area (Å²) in [6.45, 7) is 4.26. The van der Waals surface area contributed by atoms with Gasteiger partial charge in [0.25, 0.3) is 0 Å². The van der Waals surface area contributed by atoms with E-state index in [4.69, 9.17) is 4.74 Å². The molecule has 3 heteroatoms. The molecule has 0 saturated carbocycles. The maximum Gasteiger partial charge on any atom is 0.163 e. The van der Waals surface area contributed by atoms with Crippen molar-refractivity contribution in [3.8, 4) is 5.75 Å². The van der Waals surface area contributed by atoms with Gasteiger partial charge in [-0.15, -0.1) is 0 Å². The highest BCUT2D eigenvalue weighted by Crippen LogP contribution is 2.51. The van der Waals surface area contributed by atoms with Gasteiger partial charge in [-0.05, 0) is 34.4 Å². The van der Waals surface area contributed by atoms with Gasteiger partial charge in [-0.1, -0.05) is 50.2 Å². The second-order valence-corrected chi connectivity index (χ2v) is 8.27. The molecule has 0 amide bonds. The van der Waals surface area contributed by atoms with Gasteiger partial charge in [-0.2, -0.15) is 0 Å². The molecule has 2 aromatic carbocycles. The molecular weight excluding hydrogens is 334 g/mol. The average molecular weight is 355 g/mol.